The van der Waals surface area contributed by atoms with Crippen molar-refractivity contribution < 1.29 is 14.4 Å². The predicted octanol–water partition coefficient (Wildman–Crippen LogP) is 4.00. The number of nitrogens with zero attached hydrogens (tertiary/aromatic N) is 2. The summed E-state index contributed by atoms with van der Waals surface area (Å²) in [5, 5.41) is 10.5. The zero-order chi connectivity index (χ0) is 28.0. The monoisotopic (exact) mass is 548 g/mol. The van der Waals surface area contributed by atoms with E-state index < -0.39 is 6.04 Å². The first-order chi connectivity index (χ1) is 19.2. The van der Waals surface area contributed by atoms with Gasteiger partial charge in [-0.05, 0) is 88.7 Å². The van der Waals surface area contributed by atoms with Gasteiger partial charge in [0, 0.05) is 60.8 Å². The van der Waals surface area contributed by atoms with Crippen LogP contribution in [0.4, 0.5) is 9.59 Å². The van der Waals surface area contributed by atoms with E-state index >= 15 is 0 Å². The van der Waals surface area contributed by atoms with Gasteiger partial charge in [-0.15, -0.1) is 0 Å². The third kappa shape index (κ3) is 5.39. The molecule has 5 fully saturated rings. The van der Waals surface area contributed by atoms with Crippen LogP contribution in [0.3, 0.4) is 0 Å². The average molecular weight is 549 g/mol. The van der Waals surface area contributed by atoms with E-state index in [1.807, 2.05) is 56.1 Å². The number of para-hydroxylation sites is 1. The van der Waals surface area contributed by atoms with E-state index in [-0.39, 0.29) is 35.6 Å². The van der Waals surface area contributed by atoms with Crippen molar-refractivity contribution in [1.82, 2.24) is 30.7 Å². The molecule has 216 valence electrons. The van der Waals surface area contributed by atoms with Gasteiger partial charge in [0.25, 0.3) is 0 Å². The fourth-order valence-electron chi connectivity index (χ4n) is 8.43. The van der Waals surface area contributed by atoms with Crippen molar-refractivity contribution in [1.29, 1.82) is 0 Å². The molecule has 4 saturated carbocycles. The maximum absolute atomic E-state index is 14.0. The van der Waals surface area contributed by atoms with E-state index in [1.165, 1.54) is 19.3 Å². The van der Waals surface area contributed by atoms with Gasteiger partial charge in [-0.3, -0.25) is 4.79 Å². The summed E-state index contributed by atoms with van der Waals surface area (Å²) < 4.78 is 0. The number of nitrogens with one attached hydrogen (secondary N) is 4. The van der Waals surface area contributed by atoms with Crippen molar-refractivity contribution in [2.24, 2.45) is 17.8 Å². The van der Waals surface area contributed by atoms with Gasteiger partial charge in [-0.2, -0.15) is 0 Å². The molecule has 0 unspecified atom stereocenters. The number of aromatic nitrogens is 1. The number of fused-ring (bicyclic) bond motifs is 1. The third-order valence-electron chi connectivity index (χ3n) is 9.73. The molecule has 5 amide bonds. The Balaban J connectivity index is 1.18. The maximum Gasteiger partial charge on any atom is 0.317 e. The van der Waals surface area contributed by atoms with E-state index in [9.17, 15) is 14.4 Å². The molecule has 5 aliphatic rings. The lowest BCUT2D eigenvalue weighted by Crippen LogP contribution is -2.64. The van der Waals surface area contributed by atoms with Crippen LogP contribution in [0.1, 0.15) is 64.9 Å². The lowest BCUT2D eigenvalue weighted by Gasteiger charge is -2.56. The second-order valence-corrected chi connectivity index (χ2v) is 13.3. The normalized spacial score (nSPS) is 30.0. The number of benzene rings is 1. The van der Waals surface area contributed by atoms with Crippen molar-refractivity contribution in [3.05, 3.63) is 36.0 Å². The molecule has 0 radical (unpaired) electrons. The minimum absolute atomic E-state index is 0.0524. The topological polar surface area (TPSA) is 110 Å². The van der Waals surface area contributed by atoms with Crippen LogP contribution >= 0.6 is 0 Å². The summed E-state index contributed by atoms with van der Waals surface area (Å²) in [5.41, 5.74) is 1.89. The summed E-state index contributed by atoms with van der Waals surface area (Å²) >= 11 is 0. The molecule has 4 bridgehead atoms. The Morgan fingerprint density at radius 1 is 1.00 bits per heavy atom. The number of piperazine rings is 1. The molecule has 7 rings (SSSR count). The van der Waals surface area contributed by atoms with Gasteiger partial charge in [-0.25, -0.2) is 9.59 Å². The molecule has 2 aromatic rings. The maximum atomic E-state index is 14.0. The van der Waals surface area contributed by atoms with Crippen LogP contribution < -0.4 is 16.0 Å². The molecule has 9 heteroatoms. The quantitative estimate of drug-likeness (QED) is 0.438. The molecule has 9 nitrogen and oxygen atoms in total. The highest BCUT2D eigenvalue weighted by Gasteiger charge is 2.51. The average Bonchev–Trinajstić information content (AvgIpc) is 3.29. The van der Waals surface area contributed by atoms with Gasteiger partial charge in [0.1, 0.15) is 6.04 Å². The Kier molecular flexibility index (Phi) is 7.17. The van der Waals surface area contributed by atoms with Crippen molar-refractivity contribution in [2.45, 2.75) is 89.4 Å². The molecule has 0 spiro atoms. The molecule has 4 aliphatic carbocycles. The molecule has 1 aromatic carbocycles. The number of hydrogen-bond donors (Lipinski definition) is 4. The van der Waals surface area contributed by atoms with E-state index in [0.717, 1.165) is 53.5 Å². The summed E-state index contributed by atoms with van der Waals surface area (Å²) in [7, 11) is 0. The molecule has 2 atom stereocenters. The van der Waals surface area contributed by atoms with Crippen LogP contribution in [0.2, 0.25) is 0 Å². The molecule has 40 heavy (non-hydrogen) atoms. The summed E-state index contributed by atoms with van der Waals surface area (Å²) in [5.74, 6) is 2.07. The van der Waals surface area contributed by atoms with Crippen LogP contribution in [0, 0.1) is 17.8 Å². The van der Waals surface area contributed by atoms with E-state index in [4.69, 9.17) is 0 Å². The summed E-state index contributed by atoms with van der Waals surface area (Å²) in [6.07, 6.45) is 9.46. The highest BCUT2D eigenvalue weighted by molar-refractivity contribution is 5.89. The second-order valence-electron chi connectivity index (χ2n) is 13.3. The smallest absolute Gasteiger partial charge is 0.317 e. The number of aromatic amines is 1. The standard InChI is InChI=1S/C31H44N6O3/c1-19(2)33-30(40)37-9-8-36(18-20(37)3)28(38)27(13-24-17-32-26-7-5-4-6-25(24)26)34-29(39)35-31-14-21-10-22(15-31)12-23(11-21)16-31/h4-7,17,19-23,27,32H,8-16,18H2,1-3H3,(H,33,40)(H2,34,35,39)/t20-,21?,22?,23?,27-,31?/m1/s1. The summed E-state index contributed by atoms with van der Waals surface area (Å²) in [6, 6.07) is 6.95. The Labute approximate surface area is 236 Å². The second kappa shape index (κ2) is 10.6. The zero-order valence-electron chi connectivity index (χ0n) is 24.0. The van der Waals surface area contributed by atoms with Gasteiger partial charge < -0.3 is 30.7 Å². The molecule has 2 heterocycles. The number of H-pyrrole nitrogens is 1. The lowest BCUT2D eigenvalue weighted by molar-refractivity contribution is -0.135. The summed E-state index contributed by atoms with van der Waals surface area (Å²) in [6.45, 7) is 7.20. The van der Waals surface area contributed by atoms with Crippen LogP contribution in [0.15, 0.2) is 30.5 Å². The van der Waals surface area contributed by atoms with Gasteiger partial charge in [-0.1, -0.05) is 18.2 Å². The van der Waals surface area contributed by atoms with E-state index in [2.05, 4.69) is 20.9 Å². The van der Waals surface area contributed by atoms with Crippen molar-refractivity contribution in [3.63, 3.8) is 0 Å². The highest BCUT2D eigenvalue weighted by atomic mass is 16.2. The summed E-state index contributed by atoms with van der Waals surface area (Å²) in [4.78, 5) is 47.1. The predicted molar refractivity (Wildman–Crippen MR) is 155 cm³/mol. The number of urea groups is 2. The van der Waals surface area contributed by atoms with E-state index in [1.54, 1.807) is 4.90 Å². The number of carbonyl (C=O) groups excluding carboxylic acids is 3. The van der Waals surface area contributed by atoms with Crippen LogP contribution in [0.25, 0.3) is 10.9 Å². The Bertz CT molecular complexity index is 1240. The van der Waals surface area contributed by atoms with Gasteiger partial charge >= 0.3 is 12.1 Å². The number of rotatable bonds is 6. The van der Waals surface area contributed by atoms with E-state index in [0.29, 0.717) is 26.1 Å². The molecule has 1 saturated heterocycles. The number of carbonyl (C=O) groups is 3. The van der Waals surface area contributed by atoms with Gasteiger partial charge in [0.2, 0.25) is 5.91 Å². The van der Waals surface area contributed by atoms with Crippen molar-refractivity contribution >= 4 is 28.9 Å². The largest absolute Gasteiger partial charge is 0.361 e. The Morgan fingerprint density at radius 3 is 2.33 bits per heavy atom. The molecule has 1 aliphatic heterocycles. The molecular formula is C31H44N6O3. The zero-order valence-corrected chi connectivity index (χ0v) is 24.0. The molecular weight excluding hydrogens is 504 g/mol. The van der Waals surface area contributed by atoms with Crippen LogP contribution in [0.5, 0.6) is 0 Å². The minimum atomic E-state index is -0.698. The molecule has 4 N–H and O–H groups in total. The highest BCUT2D eigenvalue weighted by Crippen LogP contribution is 2.55. The third-order valence-corrected chi connectivity index (χ3v) is 9.73. The van der Waals surface area contributed by atoms with Crippen molar-refractivity contribution in [2.75, 3.05) is 19.6 Å². The molecule has 1 aromatic heterocycles. The van der Waals surface area contributed by atoms with Crippen LogP contribution in [-0.4, -0.2) is 76.1 Å². The lowest BCUT2D eigenvalue weighted by atomic mass is 9.53. The SMILES string of the molecule is CC(C)NC(=O)N1CCN(C(=O)[C@@H](Cc2c[nH]c3ccccc23)NC(=O)NC23CC4CC(CC(C4)C2)C3)C[C@H]1C. The minimum Gasteiger partial charge on any atom is -0.361 e. The van der Waals surface area contributed by atoms with Crippen LogP contribution in [-0.2, 0) is 11.2 Å². The first kappa shape index (κ1) is 27.0. The Hall–Kier alpha value is -3.23. The fraction of sp³-hybridized carbons (Fsp3) is 0.645. The first-order valence-electron chi connectivity index (χ1n) is 15.2. The van der Waals surface area contributed by atoms with Gasteiger partial charge in [0.05, 0.1) is 0 Å². The number of amides is 5. The number of hydrogen-bond acceptors (Lipinski definition) is 3. The fourth-order valence-corrected chi connectivity index (χ4v) is 8.43. The van der Waals surface area contributed by atoms with Crippen molar-refractivity contribution in [3.8, 4) is 0 Å². The first-order valence-corrected chi connectivity index (χ1v) is 15.2. The Morgan fingerprint density at radius 2 is 1.68 bits per heavy atom. The van der Waals surface area contributed by atoms with Gasteiger partial charge in [0.15, 0.2) is 0 Å².